The Labute approximate surface area is 90.7 Å². The van der Waals surface area contributed by atoms with Gasteiger partial charge in [0.2, 0.25) is 0 Å². The van der Waals surface area contributed by atoms with E-state index in [0.717, 1.165) is 4.88 Å². The first kappa shape index (κ1) is 9.79. The molecular formula is C9H11N3S2. The highest BCUT2D eigenvalue weighted by Crippen LogP contribution is 2.27. The topological polar surface area (TPSA) is 50.9 Å². The molecule has 1 atom stereocenters. The Morgan fingerprint density at radius 2 is 2.43 bits per heavy atom. The average Bonchev–Trinajstić information content (AvgIpc) is 2.79. The van der Waals surface area contributed by atoms with Crippen LogP contribution in [-0.2, 0) is 0 Å². The summed E-state index contributed by atoms with van der Waals surface area (Å²) >= 11 is 3.21. The molecule has 2 aromatic heterocycles. The molecule has 0 radical (unpaired) electrons. The minimum absolute atomic E-state index is 0.0763. The van der Waals surface area contributed by atoms with Crippen LogP contribution in [0.15, 0.2) is 23.7 Å². The molecule has 0 aliphatic heterocycles. The third-order valence-electron chi connectivity index (χ3n) is 1.99. The van der Waals surface area contributed by atoms with Gasteiger partial charge in [0.15, 0.2) is 0 Å². The first-order chi connectivity index (χ1) is 6.81. The molecule has 74 valence electrons. The zero-order chi connectivity index (χ0) is 9.97. The summed E-state index contributed by atoms with van der Waals surface area (Å²) < 4.78 is 4.07. The standard InChI is InChI=1S/C9H11N3S2/c1-6-4-7(5-13-6)9(12-10)8-2-3-11-14-8/h2-5,9,12H,10H2,1H3. The highest BCUT2D eigenvalue weighted by atomic mass is 32.1. The van der Waals surface area contributed by atoms with Crippen LogP contribution >= 0.6 is 22.9 Å². The third-order valence-corrected chi connectivity index (χ3v) is 3.68. The van der Waals surface area contributed by atoms with Crippen molar-refractivity contribution >= 4 is 22.9 Å². The molecular weight excluding hydrogens is 214 g/mol. The monoisotopic (exact) mass is 225 g/mol. The fourth-order valence-corrected chi connectivity index (χ4v) is 2.74. The van der Waals surface area contributed by atoms with Gasteiger partial charge >= 0.3 is 0 Å². The van der Waals surface area contributed by atoms with E-state index in [1.54, 1.807) is 17.5 Å². The van der Waals surface area contributed by atoms with Crippen LogP contribution in [0.3, 0.4) is 0 Å². The second-order valence-corrected chi connectivity index (χ2v) is 4.99. The van der Waals surface area contributed by atoms with Gasteiger partial charge in [-0.15, -0.1) is 11.3 Å². The lowest BCUT2D eigenvalue weighted by Gasteiger charge is -2.11. The lowest BCUT2D eigenvalue weighted by Crippen LogP contribution is -2.27. The molecule has 0 aliphatic carbocycles. The quantitative estimate of drug-likeness (QED) is 0.621. The van der Waals surface area contributed by atoms with Crippen molar-refractivity contribution in [3.05, 3.63) is 39.0 Å². The van der Waals surface area contributed by atoms with E-state index in [1.807, 2.05) is 6.07 Å². The Hall–Kier alpha value is -0.750. The van der Waals surface area contributed by atoms with Crippen LogP contribution in [-0.4, -0.2) is 4.37 Å². The molecule has 14 heavy (non-hydrogen) atoms. The molecule has 0 saturated carbocycles. The molecule has 5 heteroatoms. The van der Waals surface area contributed by atoms with Crippen molar-refractivity contribution in [1.82, 2.24) is 9.80 Å². The number of hydrazine groups is 1. The van der Waals surface area contributed by atoms with E-state index in [0.29, 0.717) is 0 Å². The summed E-state index contributed by atoms with van der Waals surface area (Å²) in [4.78, 5) is 2.44. The molecule has 0 aromatic carbocycles. The summed E-state index contributed by atoms with van der Waals surface area (Å²) in [5, 5.41) is 2.12. The van der Waals surface area contributed by atoms with Crippen LogP contribution in [0, 0.1) is 6.92 Å². The Kier molecular flexibility index (Phi) is 2.93. The highest BCUT2D eigenvalue weighted by molar-refractivity contribution is 7.10. The lowest BCUT2D eigenvalue weighted by molar-refractivity contribution is 0.648. The maximum Gasteiger partial charge on any atom is 0.0826 e. The van der Waals surface area contributed by atoms with Gasteiger partial charge in [0, 0.05) is 16.0 Å². The van der Waals surface area contributed by atoms with Crippen LogP contribution in [0.5, 0.6) is 0 Å². The summed E-state index contributed by atoms with van der Waals surface area (Å²) in [5.41, 5.74) is 4.02. The van der Waals surface area contributed by atoms with E-state index in [9.17, 15) is 0 Å². The Morgan fingerprint density at radius 1 is 1.57 bits per heavy atom. The van der Waals surface area contributed by atoms with Gasteiger partial charge in [-0.3, -0.25) is 5.84 Å². The molecule has 3 N–H and O–H groups in total. The largest absolute Gasteiger partial charge is 0.271 e. The molecule has 0 bridgehead atoms. The summed E-state index contributed by atoms with van der Waals surface area (Å²) in [6.45, 7) is 2.09. The Bertz CT molecular complexity index is 394. The SMILES string of the molecule is Cc1cc(C(NN)c2ccns2)cs1. The molecule has 2 heterocycles. The van der Waals surface area contributed by atoms with Gasteiger partial charge in [0.1, 0.15) is 0 Å². The number of nitrogens with two attached hydrogens (primary N) is 1. The van der Waals surface area contributed by atoms with Gasteiger partial charge in [0.25, 0.3) is 0 Å². The van der Waals surface area contributed by atoms with Gasteiger partial charge < -0.3 is 0 Å². The predicted octanol–water partition coefficient (Wildman–Crippen LogP) is 2.07. The van der Waals surface area contributed by atoms with Gasteiger partial charge in [-0.1, -0.05) is 0 Å². The van der Waals surface area contributed by atoms with Gasteiger partial charge in [0.05, 0.1) is 6.04 Å². The zero-order valence-electron chi connectivity index (χ0n) is 7.73. The third kappa shape index (κ3) is 1.85. The zero-order valence-corrected chi connectivity index (χ0v) is 9.36. The van der Waals surface area contributed by atoms with Gasteiger partial charge in [-0.05, 0) is 41.5 Å². The maximum absolute atomic E-state index is 5.54. The predicted molar refractivity (Wildman–Crippen MR) is 60.3 cm³/mol. The van der Waals surface area contributed by atoms with E-state index in [1.165, 1.54) is 22.0 Å². The van der Waals surface area contributed by atoms with Crippen molar-refractivity contribution in [3.8, 4) is 0 Å². The number of thiophene rings is 1. The second kappa shape index (κ2) is 4.18. The van der Waals surface area contributed by atoms with Crippen LogP contribution in [0.2, 0.25) is 0 Å². The maximum atomic E-state index is 5.54. The van der Waals surface area contributed by atoms with E-state index in [-0.39, 0.29) is 6.04 Å². The smallest absolute Gasteiger partial charge is 0.0826 e. The van der Waals surface area contributed by atoms with Crippen molar-refractivity contribution < 1.29 is 0 Å². The molecule has 2 rings (SSSR count). The van der Waals surface area contributed by atoms with Crippen molar-refractivity contribution in [2.45, 2.75) is 13.0 Å². The van der Waals surface area contributed by atoms with Crippen molar-refractivity contribution in [1.29, 1.82) is 0 Å². The fraction of sp³-hybridized carbons (Fsp3) is 0.222. The van der Waals surface area contributed by atoms with Crippen molar-refractivity contribution in [2.24, 2.45) is 5.84 Å². The number of hydrogen-bond donors (Lipinski definition) is 2. The fourth-order valence-electron chi connectivity index (χ4n) is 1.33. The molecule has 2 aromatic rings. The molecule has 1 unspecified atom stereocenters. The molecule has 0 aliphatic rings. The second-order valence-electron chi connectivity index (χ2n) is 3.01. The van der Waals surface area contributed by atoms with Crippen LogP contribution < -0.4 is 11.3 Å². The highest BCUT2D eigenvalue weighted by Gasteiger charge is 2.14. The Morgan fingerprint density at radius 3 is 2.93 bits per heavy atom. The number of rotatable bonds is 3. The summed E-state index contributed by atoms with van der Waals surface area (Å²) in [5.74, 6) is 5.54. The summed E-state index contributed by atoms with van der Waals surface area (Å²) in [6.07, 6.45) is 1.80. The van der Waals surface area contributed by atoms with E-state index >= 15 is 0 Å². The van der Waals surface area contributed by atoms with E-state index in [4.69, 9.17) is 5.84 Å². The van der Waals surface area contributed by atoms with E-state index in [2.05, 4.69) is 28.2 Å². The molecule has 3 nitrogen and oxygen atoms in total. The molecule has 0 amide bonds. The van der Waals surface area contributed by atoms with E-state index < -0.39 is 0 Å². The summed E-state index contributed by atoms with van der Waals surface area (Å²) in [7, 11) is 0. The normalized spacial score (nSPS) is 13.0. The first-order valence-corrected chi connectivity index (χ1v) is 5.88. The minimum Gasteiger partial charge on any atom is -0.271 e. The van der Waals surface area contributed by atoms with Crippen molar-refractivity contribution in [3.63, 3.8) is 0 Å². The molecule has 0 saturated heterocycles. The van der Waals surface area contributed by atoms with Crippen LogP contribution in [0.25, 0.3) is 0 Å². The number of aromatic nitrogens is 1. The van der Waals surface area contributed by atoms with Gasteiger partial charge in [-0.2, -0.15) is 0 Å². The minimum atomic E-state index is 0.0763. The molecule has 0 spiro atoms. The van der Waals surface area contributed by atoms with Crippen LogP contribution in [0.4, 0.5) is 0 Å². The number of aryl methyl sites for hydroxylation is 1. The number of nitrogens with zero attached hydrogens (tertiary/aromatic N) is 1. The number of hydrogen-bond acceptors (Lipinski definition) is 5. The van der Waals surface area contributed by atoms with Crippen molar-refractivity contribution in [2.75, 3.05) is 0 Å². The number of nitrogens with one attached hydrogen (secondary N) is 1. The van der Waals surface area contributed by atoms with Gasteiger partial charge in [-0.25, -0.2) is 9.80 Å². The first-order valence-electron chi connectivity index (χ1n) is 4.23. The molecule has 0 fully saturated rings. The van der Waals surface area contributed by atoms with Crippen LogP contribution in [0.1, 0.15) is 21.4 Å². The summed E-state index contributed by atoms with van der Waals surface area (Å²) in [6, 6.07) is 4.21. The lowest BCUT2D eigenvalue weighted by atomic mass is 10.1. The average molecular weight is 225 g/mol. The Balaban J connectivity index is 2.31.